The number of nitrogens with one attached hydrogen (secondary N) is 1. The number of pyridine rings is 1. The van der Waals surface area contributed by atoms with Crippen LogP contribution in [0.3, 0.4) is 0 Å². The predicted octanol–water partition coefficient (Wildman–Crippen LogP) is 3.99. The Labute approximate surface area is 168 Å². The van der Waals surface area contributed by atoms with Gasteiger partial charge in [0.2, 0.25) is 0 Å². The van der Waals surface area contributed by atoms with E-state index in [-0.39, 0.29) is 5.60 Å². The Morgan fingerprint density at radius 2 is 2.07 bits per heavy atom. The average molecular weight is 401 g/mol. The Balaban J connectivity index is 0.000000472. The molecule has 0 amide bonds. The zero-order chi connectivity index (χ0) is 20.6. The Morgan fingerprint density at radius 1 is 1.34 bits per heavy atom. The van der Waals surface area contributed by atoms with Crippen molar-refractivity contribution in [2.45, 2.75) is 77.0 Å². The summed E-state index contributed by atoms with van der Waals surface area (Å²) in [5.41, 5.74) is 5.27. The molecular weight excluding hydrogens is 374 g/mol. The molecule has 3 N–H and O–H groups in total. The first-order valence-corrected chi connectivity index (χ1v) is 10.2. The number of aryl methyl sites for hydroxylation is 2. The lowest BCUT2D eigenvalue weighted by atomic mass is 9.76. The second-order valence-corrected chi connectivity index (χ2v) is 8.04. The van der Waals surface area contributed by atoms with Crippen LogP contribution in [0, 0.1) is 6.92 Å². The van der Waals surface area contributed by atoms with Crippen LogP contribution >= 0.6 is 0 Å². The van der Waals surface area contributed by atoms with E-state index in [1.54, 1.807) is 0 Å². The van der Waals surface area contributed by atoms with Crippen molar-refractivity contribution in [2.24, 2.45) is 5.16 Å². The van der Waals surface area contributed by atoms with Gasteiger partial charge in [0.05, 0.1) is 22.5 Å². The normalized spacial score (nSPS) is 19.6. The lowest BCUT2D eigenvalue weighted by molar-refractivity contribution is -0.0755. The molecule has 0 unspecified atom stereocenters. The molecule has 5 rings (SSSR count). The van der Waals surface area contributed by atoms with Crippen LogP contribution in [0.25, 0.3) is 11.0 Å². The van der Waals surface area contributed by atoms with Gasteiger partial charge in [0.15, 0.2) is 5.65 Å². The fourth-order valence-corrected chi connectivity index (χ4v) is 4.17. The molecule has 2 aromatic rings. The van der Waals surface area contributed by atoms with Crippen LogP contribution in [0.1, 0.15) is 63.1 Å². The molecular formula is C20H27N5O4. The molecule has 3 heterocycles. The van der Waals surface area contributed by atoms with Gasteiger partial charge >= 0.3 is 6.16 Å². The van der Waals surface area contributed by atoms with Gasteiger partial charge in [0.25, 0.3) is 0 Å². The summed E-state index contributed by atoms with van der Waals surface area (Å²) in [6, 6.07) is 0.550. The number of rotatable bonds is 4. The quantitative estimate of drug-likeness (QED) is 0.708. The molecule has 9 heteroatoms. The lowest BCUT2D eigenvalue weighted by Gasteiger charge is -2.34. The fraction of sp³-hybridized carbons (Fsp3) is 0.600. The van der Waals surface area contributed by atoms with Crippen molar-refractivity contribution in [1.29, 1.82) is 0 Å². The maximum Gasteiger partial charge on any atom is 0.503 e. The molecule has 2 aliphatic carbocycles. The van der Waals surface area contributed by atoms with E-state index in [9.17, 15) is 0 Å². The standard InChI is InChI=1S/C19H25N5O.CH2O3/c1-3-24-18-16(12(2)22-24)17(21-13-6-4-7-13)14(11-20-18)15-10-19(25-23-15)8-5-9-19;2-1(3)4/h11,13H,3-10H2,1-2H3,(H,20,21);(H2,2,3,4). The van der Waals surface area contributed by atoms with Gasteiger partial charge in [-0.25, -0.2) is 14.5 Å². The number of aromatic nitrogens is 3. The number of hydrogen-bond donors (Lipinski definition) is 3. The number of carboxylic acid groups (broad SMARTS) is 2. The van der Waals surface area contributed by atoms with Crippen LogP contribution in [-0.2, 0) is 11.4 Å². The molecule has 0 bridgehead atoms. The Bertz CT molecular complexity index is 955. The summed E-state index contributed by atoms with van der Waals surface area (Å²) < 4.78 is 1.99. The Kier molecular flexibility index (Phi) is 5.06. The van der Waals surface area contributed by atoms with E-state index in [2.05, 4.69) is 29.4 Å². The van der Waals surface area contributed by atoms with Crippen LogP contribution in [0.15, 0.2) is 11.4 Å². The van der Waals surface area contributed by atoms with Crippen LogP contribution < -0.4 is 5.32 Å². The van der Waals surface area contributed by atoms with E-state index < -0.39 is 6.16 Å². The third-order valence-electron chi connectivity index (χ3n) is 6.10. The van der Waals surface area contributed by atoms with Gasteiger partial charge in [-0.15, -0.1) is 0 Å². The topological polar surface area (TPSA) is 122 Å². The van der Waals surface area contributed by atoms with Crippen molar-refractivity contribution in [1.82, 2.24) is 14.8 Å². The highest BCUT2D eigenvalue weighted by Gasteiger charge is 2.45. The average Bonchev–Trinajstić information content (AvgIpc) is 3.19. The number of oxime groups is 1. The van der Waals surface area contributed by atoms with Crippen LogP contribution in [0.4, 0.5) is 10.5 Å². The van der Waals surface area contributed by atoms with Crippen molar-refractivity contribution in [2.75, 3.05) is 5.32 Å². The number of carbonyl (C=O) groups is 1. The second-order valence-electron chi connectivity index (χ2n) is 8.04. The predicted molar refractivity (Wildman–Crippen MR) is 109 cm³/mol. The minimum atomic E-state index is -1.83. The van der Waals surface area contributed by atoms with E-state index in [0.29, 0.717) is 6.04 Å². The third kappa shape index (κ3) is 3.61. The molecule has 9 nitrogen and oxygen atoms in total. The molecule has 0 saturated heterocycles. The summed E-state index contributed by atoms with van der Waals surface area (Å²) in [5.74, 6) is 0. The minimum absolute atomic E-state index is 0.0271. The molecule has 29 heavy (non-hydrogen) atoms. The maximum atomic E-state index is 8.56. The second kappa shape index (κ2) is 7.53. The number of anilines is 1. The van der Waals surface area contributed by atoms with E-state index in [1.807, 2.05) is 10.9 Å². The zero-order valence-electron chi connectivity index (χ0n) is 16.8. The van der Waals surface area contributed by atoms with Gasteiger partial charge in [-0.1, -0.05) is 5.16 Å². The fourth-order valence-electron chi connectivity index (χ4n) is 4.17. The lowest BCUT2D eigenvalue weighted by Crippen LogP contribution is -2.37. The smallest absolute Gasteiger partial charge is 0.450 e. The molecule has 2 aromatic heterocycles. The van der Waals surface area contributed by atoms with Gasteiger partial charge in [-0.3, -0.25) is 0 Å². The maximum absolute atomic E-state index is 8.56. The molecule has 2 saturated carbocycles. The number of hydrogen-bond acceptors (Lipinski definition) is 6. The first kappa shape index (κ1) is 19.5. The molecule has 0 atom stereocenters. The molecule has 1 aliphatic heterocycles. The van der Waals surface area contributed by atoms with Crippen molar-refractivity contribution in [3.05, 3.63) is 17.5 Å². The first-order valence-electron chi connectivity index (χ1n) is 10.2. The van der Waals surface area contributed by atoms with Crippen LogP contribution in [0.2, 0.25) is 0 Å². The van der Waals surface area contributed by atoms with Crippen molar-refractivity contribution >= 4 is 28.6 Å². The van der Waals surface area contributed by atoms with Crippen LogP contribution in [0.5, 0.6) is 0 Å². The van der Waals surface area contributed by atoms with E-state index in [0.717, 1.165) is 59.5 Å². The summed E-state index contributed by atoms with van der Waals surface area (Å²) in [5, 5.41) is 28.0. The molecule has 2 fully saturated rings. The molecule has 3 aliphatic rings. The summed E-state index contributed by atoms with van der Waals surface area (Å²) in [6.07, 6.45) is 8.30. The van der Waals surface area contributed by atoms with Gasteiger partial charge in [0.1, 0.15) is 5.60 Å². The van der Waals surface area contributed by atoms with Gasteiger partial charge in [-0.05, 0) is 52.4 Å². The zero-order valence-corrected chi connectivity index (χ0v) is 16.8. The van der Waals surface area contributed by atoms with Gasteiger partial charge in [0, 0.05) is 30.8 Å². The highest BCUT2D eigenvalue weighted by Crippen LogP contribution is 2.44. The van der Waals surface area contributed by atoms with E-state index in [1.165, 1.54) is 25.7 Å². The summed E-state index contributed by atoms with van der Waals surface area (Å²) >= 11 is 0. The van der Waals surface area contributed by atoms with E-state index in [4.69, 9.17) is 24.8 Å². The van der Waals surface area contributed by atoms with E-state index >= 15 is 0 Å². The number of fused-ring (bicyclic) bond motifs is 1. The summed E-state index contributed by atoms with van der Waals surface area (Å²) in [6.45, 7) is 5.01. The van der Waals surface area contributed by atoms with Crippen molar-refractivity contribution in [3.8, 4) is 0 Å². The highest BCUT2D eigenvalue weighted by molar-refractivity contribution is 6.11. The van der Waals surface area contributed by atoms with Crippen LogP contribution in [-0.4, -0.2) is 48.5 Å². The van der Waals surface area contributed by atoms with Crippen molar-refractivity contribution < 1.29 is 19.8 Å². The summed E-state index contributed by atoms with van der Waals surface area (Å²) in [7, 11) is 0. The first-order chi connectivity index (χ1) is 13.9. The molecule has 1 spiro atoms. The summed E-state index contributed by atoms with van der Waals surface area (Å²) in [4.78, 5) is 19.1. The highest BCUT2D eigenvalue weighted by atomic mass is 16.7. The number of nitrogens with zero attached hydrogens (tertiary/aromatic N) is 4. The largest absolute Gasteiger partial charge is 0.503 e. The monoisotopic (exact) mass is 401 g/mol. The molecule has 0 radical (unpaired) electrons. The molecule has 0 aromatic carbocycles. The molecule has 156 valence electrons. The third-order valence-corrected chi connectivity index (χ3v) is 6.10. The van der Waals surface area contributed by atoms with Crippen molar-refractivity contribution in [3.63, 3.8) is 0 Å². The minimum Gasteiger partial charge on any atom is -0.450 e. The Hall–Kier alpha value is -2.84. The van der Waals surface area contributed by atoms with Gasteiger partial charge < -0.3 is 20.4 Å². The SMILES string of the molecule is CCn1nc(C)c2c(NC3CCC3)c(C3=NOC4(CCC4)C3)cnc21.O=C(O)O. The Morgan fingerprint density at radius 3 is 2.59 bits per heavy atom. The van der Waals surface area contributed by atoms with Gasteiger partial charge in [-0.2, -0.15) is 5.10 Å².